The van der Waals surface area contributed by atoms with E-state index in [4.69, 9.17) is 0 Å². The minimum Gasteiger partial charge on any atom is -0.307 e. The van der Waals surface area contributed by atoms with Gasteiger partial charge in [-0.3, -0.25) is 9.59 Å². The van der Waals surface area contributed by atoms with E-state index in [0.29, 0.717) is 11.8 Å². The Hall–Kier alpha value is -1.74. The summed E-state index contributed by atoms with van der Waals surface area (Å²) < 4.78 is 2.07. The highest BCUT2D eigenvalue weighted by molar-refractivity contribution is 9.11. The standard InChI is InChI=1S/C62H96Br2N2O2S2/c1-5-9-13-17-21-24-25-28-32-36-40-50(39-35-31-27-23-19-15-11-7-3)48-66-54-46-51-53(45-52(54)60(62(66)68)56-42-44-58(64)70-56)65(61(67)59(51)55-41-43-57(63)69-55)47-49(37-33-29-20-16-12-8-4)38-34-30-26-22-18-14-10-6-2/h41-46,49-50H,5-40,47-48H2,1-4H3. The Morgan fingerprint density at radius 3 is 0.886 bits per heavy atom. The Labute approximate surface area is 453 Å². The van der Waals surface area contributed by atoms with Crippen molar-refractivity contribution in [2.45, 2.75) is 259 Å². The number of rotatable bonds is 42. The van der Waals surface area contributed by atoms with Crippen LogP contribution in [0.1, 0.15) is 269 Å². The lowest BCUT2D eigenvalue weighted by atomic mass is 9.93. The van der Waals surface area contributed by atoms with Crippen LogP contribution < -0.4 is 20.2 Å². The number of fused-ring (bicyclic) bond motifs is 2. The summed E-state index contributed by atoms with van der Waals surface area (Å²) in [7, 11) is 0. The van der Waals surface area contributed by atoms with Gasteiger partial charge in [0.1, 0.15) is 0 Å². The number of unbranched alkanes of at least 4 members (excludes halogenated alkanes) is 28. The summed E-state index contributed by atoms with van der Waals surface area (Å²) in [6, 6.07) is 12.9. The molecule has 1 aromatic carbocycles. The van der Waals surface area contributed by atoms with Crippen LogP contribution in [0.4, 0.5) is 11.4 Å². The quantitative estimate of drug-likeness (QED) is 0.0531. The van der Waals surface area contributed by atoms with Gasteiger partial charge in [-0.1, -0.05) is 233 Å². The molecule has 2 unspecified atom stereocenters. The van der Waals surface area contributed by atoms with Gasteiger partial charge >= 0.3 is 0 Å². The van der Waals surface area contributed by atoms with Crippen molar-refractivity contribution >= 4 is 88.9 Å². The largest absolute Gasteiger partial charge is 0.307 e. The van der Waals surface area contributed by atoms with Gasteiger partial charge in [-0.15, -0.1) is 22.7 Å². The average molecular weight is 1130 g/mol. The summed E-state index contributed by atoms with van der Waals surface area (Å²) >= 11 is 10.8. The second-order valence-electron chi connectivity index (χ2n) is 21.5. The third-order valence-electron chi connectivity index (χ3n) is 15.5. The number of amides is 2. The first-order valence-corrected chi connectivity index (χ1v) is 32.6. The molecule has 0 radical (unpaired) electrons. The third-order valence-corrected chi connectivity index (χ3v) is 18.8. The first-order chi connectivity index (χ1) is 34.3. The number of anilines is 2. The number of nitrogens with zero attached hydrogens (tertiary/aromatic N) is 2. The Balaban J connectivity index is 1.43. The fourth-order valence-electron chi connectivity index (χ4n) is 11.3. The molecular weight excluding hydrogens is 1030 g/mol. The lowest BCUT2D eigenvalue weighted by Gasteiger charge is -2.27. The van der Waals surface area contributed by atoms with Crippen LogP contribution in [0.2, 0.25) is 0 Å². The third kappa shape index (κ3) is 19.5. The zero-order valence-electron chi connectivity index (χ0n) is 44.8. The summed E-state index contributed by atoms with van der Waals surface area (Å²) in [5, 5.41) is 2.01. The van der Waals surface area contributed by atoms with Gasteiger partial charge < -0.3 is 9.80 Å². The van der Waals surface area contributed by atoms with E-state index in [1.54, 1.807) is 22.7 Å². The Kier molecular flexibility index (Phi) is 29.3. The van der Waals surface area contributed by atoms with Crippen LogP contribution in [0.15, 0.2) is 44.0 Å². The van der Waals surface area contributed by atoms with Crippen molar-refractivity contribution in [3.05, 3.63) is 64.2 Å². The van der Waals surface area contributed by atoms with Crippen LogP contribution in [-0.2, 0) is 9.59 Å². The molecule has 0 N–H and O–H groups in total. The van der Waals surface area contributed by atoms with Gasteiger partial charge in [-0.05, 0) is 106 Å². The molecule has 5 rings (SSSR count). The zero-order valence-corrected chi connectivity index (χ0v) is 49.6. The highest BCUT2D eigenvalue weighted by Gasteiger charge is 2.38. The van der Waals surface area contributed by atoms with Crippen molar-refractivity contribution in [3.8, 4) is 0 Å². The molecule has 0 saturated carbocycles. The van der Waals surface area contributed by atoms with E-state index in [1.807, 2.05) is 0 Å². The van der Waals surface area contributed by atoms with Crippen LogP contribution in [0.25, 0.3) is 11.1 Å². The van der Waals surface area contributed by atoms with E-state index in [9.17, 15) is 0 Å². The Morgan fingerprint density at radius 1 is 0.386 bits per heavy atom. The number of hydrogen-bond acceptors (Lipinski definition) is 4. The molecule has 2 amide bonds. The maximum absolute atomic E-state index is 15.2. The lowest BCUT2D eigenvalue weighted by Crippen LogP contribution is -2.35. The monoisotopic (exact) mass is 1120 g/mol. The summed E-state index contributed by atoms with van der Waals surface area (Å²) in [6.45, 7) is 10.7. The number of carbonyl (C=O) groups excluding carboxylic acids is 2. The van der Waals surface area contributed by atoms with E-state index in [2.05, 4.69) is 106 Å². The summed E-state index contributed by atoms with van der Waals surface area (Å²) in [5.41, 5.74) is 3.60. The smallest absolute Gasteiger partial charge is 0.260 e. The Morgan fingerprint density at radius 2 is 0.643 bits per heavy atom. The second kappa shape index (κ2) is 34.7. The van der Waals surface area contributed by atoms with Crippen molar-refractivity contribution in [2.75, 3.05) is 22.9 Å². The van der Waals surface area contributed by atoms with E-state index in [0.717, 1.165) is 63.4 Å². The molecule has 2 aliphatic heterocycles. The molecule has 0 saturated heterocycles. The van der Waals surface area contributed by atoms with Gasteiger partial charge in [0.05, 0.1) is 30.1 Å². The molecular formula is C62H96Br2N2O2S2. The van der Waals surface area contributed by atoms with E-state index in [1.165, 1.54) is 231 Å². The normalized spacial score (nSPS) is 14.4. The van der Waals surface area contributed by atoms with Gasteiger partial charge in [0.25, 0.3) is 11.8 Å². The molecule has 0 fully saturated rings. The molecule has 2 aromatic heterocycles. The van der Waals surface area contributed by atoms with Gasteiger partial charge in [-0.25, -0.2) is 0 Å². The number of benzene rings is 1. The van der Waals surface area contributed by atoms with Crippen molar-refractivity contribution < 1.29 is 9.59 Å². The minimum absolute atomic E-state index is 0.128. The molecule has 3 aromatic rings. The average Bonchev–Trinajstić information content (AvgIpc) is 4.11. The number of carbonyl (C=O) groups is 2. The first-order valence-electron chi connectivity index (χ1n) is 29.4. The van der Waals surface area contributed by atoms with Gasteiger partial charge in [-0.2, -0.15) is 0 Å². The van der Waals surface area contributed by atoms with Crippen molar-refractivity contribution in [1.29, 1.82) is 0 Å². The molecule has 392 valence electrons. The summed E-state index contributed by atoms with van der Waals surface area (Å²) in [6.07, 6.45) is 46.9. The first kappa shape index (κ1) is 59.1. The molecule has 4 heterocycles. The van der Waals surface area contributed by atoms with E-state index < -0.39 is 0 Å². The summed E-state index contributed by atoms with van der Waals surface area (Å²) in [4.78, 5) is 36.7. The molecule has 8 heteroatoms. The van der Waals surface area contributed by atoms with E-state index in [-0.39, 0.29) is 11.8 Å². The summed E-state index contributed by atoms with van der Waals surface area (Å²) in [5.74, 6) is 1.15. The van der Waals surface area contributed by atoms with Gasteiger partial charge in [0.15, 0.2) is 0 Å². The van der Waals surface area contributed by atoms with Crippen LogP contribution in [-0.4, -0.2) is 24.9 Å². The van der Waals surface area contributed by atoms with Crippen molar-refractivity contribution in [2.24, 2.45) is 11.8 Å². The highest BCUT2D eigenvalue weighted by atomic mass is 79.9. The fourth-order valence-corrected chi connectivity index (χ4v) is 14.2. The maximum atomic E-state index is 15.2. The number of hydrogen-bond donors (Lipinski definition) is 0. The fraction of sp³-hybridized carbons (Fsp3) is 0.710. The molecule has 2 aliphatic rings. The number of thiophene rings is 2. The van der Waals surface area contributed by atoms with Gasteiger partial charge in [0, 0.05) is 33.3 Å². The van der Waals surface area contributed by atoms with Crippen molar-refractivity contribution in [3.63, 3.8) is 0 Å². The van der Waals surface area contributed by atoms with Crippen LogP contribution in [0.3, 0.4) is 0 Å². The molecule has 0 aliphatic carbocycles. The molecule has 2 atom stereocenters. The Bertz CT molecular complexity index is 2070. The predicted octanol–water partition coefficient (Wildman–Crippen LogP) is 19.8. The SMILES string of the molecule is CCCCCCCCCCCCC(CCCCCCCCCC)CN1C(=O)C(c2ccc(Br)s2)=c2cc3c(cc21)=C(c1ccc(Br)s1)C(=O)N3CC(CCCCCCCC)CCCCCCCCCC. The zero-order chi connectivity index (χ0) is 49.8. The molecule has 0 bridgehead atoms. The van der Waals surface area contributed by atoms with Crippen LogP contribution in [0.5, 0.6) is 0 Å². The second-order valence-corrected chi connectivity index (χ2v) is 26.4. The lowest BCUT2D eigenvalue weighted by molar-refractivity contribution is -0.114. The molecule has 70 heavy (non-hydrogen) atoms. The van der Waals surface area contributed by atoms with E-state index >= 15 is 9.59 Å². The molecule has 4 nitrogen and oxygen atoms in total. The minimum atomic E-state index is 0.128. The maximum Gasteiger partial charge on any atom is 0.260 e. The topological polar surface area (TPSA) is 40.6 Å². The molecule has 0 spiro atoms. The highest BCUT2D eigenvalue weighted by Crippen LogP contribution is 2.38. The van der Waals surface area contributed by atoms with Crippen LogP contribution in [0, 0.1) is 11.8 Å². The number of halogens is 2. The van der Waals surface area contributed by atoms with Gasteiger partial charge in [0.2, 0.25) is 0 Å². The van der Waals surface area contributed by atoms with Crippen molar-refractivity contribution in [1.82, 2.24) is 0 Å². The van der Waals surface area contributed by atoms with Crippen LogP contribution >= 0.6 is 54.5 Å². The predicted molar refractivity (Wildman–Crippen MR) is 315 cm³/mol.